The summed E-state index contributed by atoms with van der Waals surface area (Å²) in [5.74, 6) is 0. The van der Waals surface area contributed by atoms with E-state index in [4.69, 9.17) is 0 Å². The topological polar surface area (TPSA) is 13.0 Å². The Morgan fingerprint density at radius 3 is 1.16 bits per heavy atom. The molecule has 6 heteroatoms. The van der Waals surface area contributed by atoms with Crippen LogP contribution in [0.3, 0.4) is 0 Å². The summed E-state index contributed by atoms with van der Waals surface area (Å²) in [6, 6.07) is 178. The van der Waals surface area contributed by atoms with Crippen molar-refractivity contribution >= 4 is 133 Å². The van der Waals surface area contributed by atoms with E-state index in [1.54, 1.807) is 0 Å². The van der Waals surface area contributed by atoms with Crippen molar-refractivity contribution in [1.82, 2.24) is 0 Å². The van der Waals surface area contributed by atoms with Crippen molar-refractivity contribution in [3.8, 4) is 76.5 Å². The lowest BCUT2D eigenvalue weighted by Gasteiger charge is -2.36. The zero-order chi connectivity index (χ0) is 84.1. The summed E-state index contributed by atoms with van der Waals surface area (Å²) < 4.78 is 2.55. The average molecular weight is 1660 g/mol. The third kappa shape index (κ3) is 11.2. The van der Waals surface area contributed by atoms with Crippen LogP contribution in [0.25, 0.3) is 118 Å². The quantitative estimate of drug-likeness (QED) is 0.101. The zero-order valence-electron chi connectivity index (χ0n) is 69.6. The molecule has 0 aliphatic heterocycles. The Balaban J connectivity index is 0.638. The number of hydrogen-bond donors (Lipinski definition) is 0. The monoisotopic (exact) mass is 1660 g/mol. The molecule has 0 N–H and O–H groups in total. The van der Waals surface area contributed by atoms with Gasteiger partial charge in [0.1, 0.15) is 0 Å². The standard InChI is InChI=1S/C122H78N4S2/c1-5-30-79(31-6-1)83-60-64-91(65-61-83)123(92-45-25-38-86(72-92)80-32-7-2-8-33-80)98-68-70-102-110(78-98)122(118-104-51-20-24-59-114(104)127-119(102)118)106-53-21-17-48-99(106)100-52-28-57-112(116(100)122)126(90-43-11-4-12-44-90)94-47-27-40-88(76-94)87-39-26-46-93(75-87)124(95-66-62-81-34-13-15-36-84(81)73-95)97-69-71-108-105(77-97)120-117(103-50-19-23-58-113(103)128-120)121(108)107-54-22-18-49-101(107)115-109(121)55-29-56-111(115)125(89-41-9-3-10-42-89)96-67-63-82-35-14-16-37-85(82)74-96/h1-78H. The molecule has 128 heavy (non-hydrogen) atoms. The van der Waals surface area contributed by atoms with Crippen molar-refractivity contribution in [3.05, 3.63) is 518 Å². The molecule has 0 saturated carbocycles. The van der Waals surface area contributed by atoms with Crippen molar-refractivity contribution < 1.29 is 0 Å². The zero-order valence-corrected chi connectivity index (χ0v) is 71.3. The number of anilines is 12. The first-order valence-corrected chi connectivity index (χ1v) is 45.7. The summed E-state index contributed by atoms with van der Waals surface area (Å²) >= 11 is 3.85. The van der Waals surface area contributed by atoms with Gasteiger partial charge in [-0.25, -0.2) is 0 Å². The molecule has 4 aliphatic carbocycles. The first-order valence-electron chi connectivity index (χ1n) is 44.1. The summed E-state index contributed by atoms with van der Waals surface area (Å²) in [6.45, 7) is 0. The van der Waals surface area contributed by atoms with E-state index in [-0.39, 0.29) is 0 Å². The van der Waals surface area contributed by atoms with Gasteiger partial charge in [0.05, 0.1) is 22.2 Å². The van der Waals surface area contributed by atoms with Gasteiger partial charge in [0.15, 0.2) is 0 Å². The van der Waals surface area contributed by atoms with Crippen LogP contribution in [0.15, 0.2) is 473 Å². The summed E-state index contributed by atoms with van der Waals surface area (Å²) in [5, 5.41) is 7.34. The summed E-state index contributed by atoms with van der Waals surface area (Å²) in [7, 11) is 0. The molecular formula is C122H78N4S2. The minimum Gasteiger partial charge on any atom is -0.310 e. The second-order valence-corrected chi connectivity index (χ2v) is 36.2. The lowest BCUT2D eigenvalue weighted by molar-refractivity contribution is 0.801. The molecule has 20 aromatic carbocycles. The van der Waals surface area contributed by atoms with Gasteiger partial charge in [0, 0.05) is 87.2 Å². The highest BCUT2D eigenvalue weighted by Crippen LogP contribution is 2.71. The van der Waals surface area contributed by atoms with Crippen molar-refractivity contribution in [2.45, 2.75) is 10.8 Å². The number of benzene rings is 20. The molecule has 26 rings (SSSR count). The molecule has 0 saturated heterocycles. The van der Waals surface area contributed by atoms with Crippen LogP contribution < -0.4 is 19.6 Å². The van der Waals surface area contributed by atoms with Crippen molar-refractivity contribution in [2.75, 3.05) is 19.6 Å². The Kier molecular flexibility index (Phi) is 16.9. The van der Waals surface area contributed by atoms with Gasteiger partial charge in [-0.15, -0.1) is 22.7 Å². The Morgan fingerprint density at radius 1 is 0.172 bits per heavy atom. The van der Waals surface area contributed by atoms with E-state index in [0.717, 1.165) is 84.9 Å². The third-order valence-electron chi connectivity index (χ3n) is 27.3. The Labute approximate surface area is 751 Å². The molecule has 4 aliphatic rings. The van der Waals surface area contributed by atoms with E-state index >= 15 is 0 Å². The molecule has 2 aromatic heterocycles. The summed E-state index contributed by atoms with van der Waals surface area (Å²) in [4.78, 5) is 12.6. The fourth-order valence-electron chi connectivity index (χ4n) is 22.0. The van der Waals surface area contributed by atoms with E-state index in [1.165, 1.54) is 146 Å². The average Bonchev–Trinajstić information content (AvgIpc) is 1.49. The lowest BCUT2D eigenvalue weighted by Crippen LogP contribution is -2.28. The van der Waals surface area contributed by atoms with Crippen LogP contribution in [0.5, 0.6) is 0 Å². The second kappa shape index (κ2) is 29.3. The van der Waals surface area contributed by atoms with Gasteiger partial charge in [-0.3, -0.25) is 0 Å². The van der Waals surface area contributed by atoms with E-state index in [2.05, 4.69) is 493 Å². The molecule has 0 radical (unpaired) electrons. The molecule has 2 unspecified atom stereocenters. The van der Waals surface area contributed by atoms with Gasteiger partial charge in [-0.2, -0.15) is 0 Å². The van der Waals surface area contributed by atoms with Crippen molar-refractivity contribution in [1.29, 1.82) is 0 Å². The second-order valence-electron chi connectivity index (χ2n) is 34.1. The Hall–Kier alpha value is -16.0. The molecule has 0 bridgehead atoms. The largest absolute Gasteiger partial charge is 0.310 e. The van der Waals surface area contributed by atoms with E-state index in [0.29, 0.717) is 0 Å². The molecule has 598 valence electrons. The first-order chi connectivity index (χ1) is 63.5. The fraction of sp³-hybridized carbons (Fsp3) is 0.0164. The lowest BCUT2D eigenvalue weighted by atomic mass is 9.69. The van der Waals surface area contributed by atoms with Gasteiger partial charge < -0.3 is 19.6 Å². The SMILES string of the molecule is c1ccc(-c2ccc(N(c3cccc(-c4ccccc4)c3)c3ccc4c(c3)C3(c5ccccc5-c5cccc(N(c6ccccc6)c6cccc(-c7cccc(N(c8ccc9c(c8)-c8sc%10ccccc%10c8C98c9ccccc9-c9c(N(c%10ccccc%10)c%10ccc%11ccccc%11c%10)cccc98)c8ccc9ccccc9c8)c7)c6)c53)c3c-4sc4ccccc34)cc2)cc1. The van der Waals surface area contributed by atoms with E-state index in [1.807, 2.05) is 22.7 Å². The maximum Gasteiger partial charge on any atom is 0.0761 e. The molecular weight excluding hydrogens is 1590 g/mol. The molecule has 2 atom stereocenters. The highest BCUT2D eigenvalue weighted by molar-refractivity contribution is 7.23. The Bertz CT molecular complexity index is 8240. The normalized spacial score (nSPS) is 14.5. The minimum absolute atomic E-state index is 0.657. The molecule has 0 fully saturated rings. The maximum atomic E-state index is 2.55. The number of thiophene rings is 2. The molecule has 2 heterocycles. The van der Waals surface area contributed by atoms with Gasteiger partial charge >= 0.3 is 0 Å². The predicted octanol–water partition coefficient (Wildman–Crippen LogP) is 34.0. The van der Waals surface area contributed by atoms with Crippen LogP contribution >= 0.6 is 22.7 Å². The third-order valence-corrected chi connectivity index (χ3v) is 29.7. The predicted molar refractivity (Wildman–Crippen MR) is 540 cm³/mol. The molecule has 4 nitrogen and oxygen atoms in total. The number of hydrogen-bond acceptors (Lipinski definition) is 6. The summed E-state index contributed by atoms with van der Waals surface area (Å²) in [5.41, 5.74) is 36.2. The van der Waals surface area contributed by atoms with Crippen LogP contribution in [-0.2, 0) is 10.8 Å². The van der Waals surface area contributed by atoms with Crippen molar-refractivity contribution in [2.24, 2.45) is 0 Å². The van der Waals surface area contributed by atoms with Gasteiger partial charge in [0.25, 0.3) is 0 Å². The van der Waals surface area contributed by atoms with Crippen LogP contribution in [0, 0.1) is 0 Å². The van der Waals surface area contributed by atoms with Crippen molar-refractivity contribution in [3.63, 3.8) is 0 Å². The fourth-order valence-corrected chi connectivity index (χ4v) is 24.6. The van der Waals surface area contributed by atoms with E-state index in [9.17, 15) is 0 Å². The van der Waals surface area contributed by atoms with Crippen LogP contribution in [0.2, 0.25) is 0 Å². The van der Waals surface area contributed by atoms with Gasteiger partial charge in [0.2, 0.25) is 0 Å². The number of nitrogens with zero attached hydrogens (tertiary/aromatic N) is 4. The maximum absolute atomic E-state index is 2.55. The minimum atomic E-state index is -0.793. The Morgan fingerprint density at radius 2 is 0.539 bits per heavy atom. The van der Waals surface area contributed by atoms with E-state index < -0.39 is 10.8 Å². The highest BCUT2D eigenvalue weighted by Gasteiger charge is 2.57. The number of rotatable bonds is 15. The van der Waals surface area contributed by atoms with Crippen LogP contribution in [0.1, 0.15) is 44.5 Å². The van der Waals surface area contributed by atoms with Crippen LogP contribution in [0.4, 0.5) is 68.2 Å². The molecule has 0 amide bonds. The molecule has 22 aromatic rings. The number of fused-ring (bicyclic) bond motifs is 26. The van der Waals surface area contributed by atoms with Gasteiger partial charge in [-0.05, 0) is 278 Å². The molecule has 2 spiro atoms. The highest BCUT2D eigenvalue weighted by atomic mass is 32.1. The first kappa shape index (κ1) is 73.6. The summed E-state index contributed by atoms with van der Waals surface area (Å²) in [6.07, 6.45) is 0. The van der Waals surface area contributed by atoms with Crippen LogP contribution in [-0.4, -0.2) is 0 Å². The number of para-hydroxylation sites is 2. The smallest absolute Gasteiger partial charge is 0.0761 e. The van der Waals surface area contributed by atoms with Gasteiger partial charge in [-0.1, -0.05) is 328 Å².